The Morgan fingerprint density at radius 1 is 1.25 bits per heavy atom. The van der Waals surface area contributed by atoms with Gasteiger partial charge in [0, 0.05) is 6.54 Å². The van der Waals surface area contributed by atoms with Crippen LogP contribution in [0.5, 0.6) is 0 Å². The van der Waals surface area contributed by atoms with E-state index in [0.29, 0.717) is 0 Å². The summed E-state index contributed by atoms with van der Waals surface area (Å²) in [6.07, 6.45) is 6.95. The topological polar surface area (TPSA) is 42.7 Å². The van der Waals surface area contributed by atoms with Crippen molar-refractivity contribution in [2.24, 2.45) is 0 Å². The van der Waals surface area contributed by atoms with Gasteiger partial charge in [0.15, 0.2) is 0 Å². The fourth-order valence-corrected chi connectivity index (χ4v) is 2.80. The van der Waals surface area contributed by atoms with Gasteiger partial charge in [-0.05, 0) is 48.9 Å². The second-order valence-electron chi connectivity index (χ2n) is 5.54. The van der Waals surface area contributed by atoms with Gasteiger partial charge in [0.25, 0.3) is 0 Å². The maximum atomic E-state index is 4.21. The third-order valence-corrected chi connectivity index (χ3v) is 3.83. The number of nitrogens with zero attached hydrogens (tertiary/aromatic N) is 3. The zero-order valence-electron chi connectivity index (χ0n) is 12.1. The van der Waals surface area contributed by atoms with E-state index in [1.807, 2.05) is 10.9 Å². The molecule has 1 aliphatic rings. The van der Waals surface area contributed by atoms with Gasteiger partial charge in [-0.2, -0.15) is 0 Å². The minimum Gasteiger partial charge on any atom is -0.311 e. The summed E-state index contributed by atoms with van der Waals surface area (Å²) in [6.45, 7) is 4.81. The highest BCUT2D eigenvalue weighted by Gasteiger charge is 2.11. The Hall–Kier alpha value is -1.68. The van der Waals surface area contributed by atoms with Crippen LogP contribution in [0.4, 0.5) is 0 Å². The van der Waals surface area contributed by atoms with E-state index in [-0.39, 0.29) is 0 Å². The summed E-state index contributed by atoms with van der Waals surface area (Å²) in [7, 11) is 0. The molecule has 0 radical (unpaired) electrons. The van der Waals surface area contributed by atoms with Crippen molar-refractivity contribution in [2.45, 2.75) is 45.7 Å². The first-order chi connectivity index (χ1) is 9.85. The molecule has 0 atom stereocenters. The third-order valence-electron chi connectivity index (χ3n) is 3.83. The van der Waals surface area contributed by atoms with Gasteiger partial charge in [-0.3, -0.25) is 0 Å². The summed E-state index contributed by atoms with van der Waals surface area (Å²) in [5.74, 6) is 0. The van der Waals surface area contributed by atoms with Gasteiger partial charge in [0.1, 0.15) is 0 Å². The van der Waals surface area contributed by atoms with Crippen LogP contribution in [-0.2, 0) is 25.9 Å². The molecule has 3 rings (SSSR count). The van der Waals surface area contributed by atoms with Gasteiger partial charge in [-0.25, -0.2) is 4.68 Å². The first kappa shape index (κ1) is 13.3. The van der Waals surface area contributed by atoms with Crippen molar-refractivity contribution >= 4 is 0 Å². The van der Waals surface area contributed by atoms with Gasteiger partial charge < -0.3 is 5.32 Å². The normalized spacial score (nSPS) is 13.7. The highest BCUT2D eigenvalue weighted by molar-refractivity contribution is 5.35. The summed E-state index contributed by atoms with van der Waals surface area (Å²) in [5.41, 5.74) is 5.38. The highest BCUT2D eigenvalue weighted by Crippen LogP contribution is 2.23. The maximum Gasteiger partial charge on any atom is 0.0964 e. The van der Waals surface area contributed by atoms with Crippen LogP contribution in [-0.4, -0.2) is 21.5 Å². The van der Waals surface area contributed by atoms with Gasteiger partial charge in [0.05, 0.1) is 18.4 Å². The molecule has 0 fully saturated rings. The maximum absolute atomic E-state index is 4.21. The minimum absolute atomic E-state index is 0.804. The molecule has 0 unspecified atom stereocenters. The number of rotatable bonds is 6. The Bertz CT molecular complexity index is 574. The Labute approximate surface area is 120 Å². The van der Waals surface area contributed by atoms with E-state index in [2.05, 4.69) is 40.8 Å². The number of hydrogen-bond donors (Lipinski definition) is 1. The second-order valence-corrected chi connectivity index (χ2v) is 5.54. The van der Waals surface area contributed by atoms with Crippen molar-refractivity contribution in [1.29, 1.82) is 0 Å². The second kappa shape index (κ2) is 6.18. The first-order valence-electron chi connectivity index (χ1n) is 7.55. The zero-order valence-corrected chi connectivity index (χ0v) is 12.1. The van der Waals surface area contributed by atoms with Crippen molar-refractivity contribution in [1.82, 2.24) is 20.3 Å². The van der Waals surface area contributed by atoms with Crippen molar-refractivity contribution in [3.05, 3.63) is 46.8 Å². The molecule has 0 bridgehead atoms. The van der Waals surface area contributed by atoms with Crippen LogP contribution in [0.25, 0.3) is 0 Å². The number of hydrogen-bond acceptors (Lipinski definition) is 3. The Morgan fingerprint density at radius 3 is 3.05 bits per heavy atom. The summed E-state index contributed by atoms with van der Waals surface area (Å²) in [6, 6.07) is 6.83. The molecule has 1 aromatic heterocycles. The molecular formula is C16H22N4. The molecule has 1 N–H and O–H groups in total. The van der Waals surface area contributed by atoms with Gasteiger partial charge in [0.2, 0.25) is 0 Å². The number of fused-ring (bicyclic) bond motifs is 1. The smallest absolute Gasteiger partial charge is 0.0964 e. The van der Waals surface area contributed by atoms with Crippen LogP contribution in [0.2, 0.25) is 0 Å². The molecule has 0 aliphatic heterocycles. The molecule has 106 valence electrons. The Morgan fingerprint density at radius 2 is 2.15 bits per heavy atom. The minimum atomic E-state index is 0.804. The van der Waals surface area contributed by atoms with Crippen molar-refractivity contribution in [3.63, 3.8) is 0 Å². The molecular weight excluding hydrogens is 248 g/mol. The fraction of sp³-hybridized carbons (Fsp3) is 0.500. The van der Waals surface area contributed by atoms with Crippen LogP contribution < -0.4 is 5.32 Å². The number of aryl methyl sites for hydroxylation is 2. The molecule has 1 aromatic carbocycles. The molecule has 20 heavy (non-hydrogen) atoms. The van der Waals surface area contributed by atoms with Crippen LogP contribution in [0, 0.1) is 0 Å². The number of aromatic nitrogens is 3. The Balaban J connectivity index is 1.63. The number of benzene rings is 1. The van der Waals surface area contributed by atoms with Crippen LogP contribution in [0.3, 0.4) is 0 Å². The molecule has 0 saturated carbocycles. The highest BCUT2D eigenvalue weighted by atomic mass is 15.4. The van der Waals surface area contributed by atoms with E-state index in [0.717, 1.165) is 31.7 Å². The van der Waals surface area contributed by atoms with Crippen molar-refractivity contribution < 1.29 is 0 Å². The van der Waals surface area contributed by atoms with Crippen molar-refractivity contribution in [3.8, 4) is 0 Å². The lowest BCUT2D eigenvalue weighted by atomic mass is 10.1. The van der Waals surface area contributed by atoms with E-state index in [1.165, 1.54) is 36.0 Å². The standard InChI is InChI=1S/C16H22N4/c1-2-8-17-10-16-12-20(19-18-16)11-13-6-7-14-4-3-5-15(14)9-13/h6-7,9,12,17H,2-5,8,10-11H2,1H3. The average Bonchev–Trinajstić information content (AvgIpc) is 3.08. The predicted molar refractivity (Wildman–Crippen MR) is 79.6 cm³/mol. The van der Waals surface area contributed by atoms with Gasteiger partial charge in [-0.15, -0.1) is 5.10 Å². The van der Waals surface area contributed by atoms with E-state index in [4.69, 9.17) is 0 Å². The third kappa shape index (κ3) is 3.07. The van der Waals surface area contributed by atoms with E-state index in [9.17, 15) is 0 Å². The van der Waals surface area contributed by atoms with Crippen LogP contribution in [0.1, 0.15) is 42.1 Å². The quantitative estimate of drug-likeness (QED) is 0.819. The van der Waals surface area contributed by atoms with E-state index >= 15 is 0 Å². The van der Waals surface area contributed by atoms with E-state index < -0.39 is 0 Å². The molecule has 2 aromatic rings. The fourth-order valence-electron chi connectivity index (χ4n) is 2.80. The van der Waals surface area contributed by atoms with Crippen LogP contribution >= 0.6 is 0 Å². The van der Waals surface area contributed by atoms with E-state index in [1.54, 1.807) is 0 Å². The summed E-state index contributed by atoms with van der Waals surface area (Å²) < 4.78 is 1.93. The van der Waals surface area contributed by atoms with Gasteiger partial charge in [-0.1, -0.05) is 30.3 Å². The molecule has 1 heterocycles. The first-order valence-corrected chi connectivity index (χ1v) is 7.55. The molecule has 0 spiro atoms. The van der Waals surface area contributed by atoms with Crippen LogP contribution in [0.15, 0.2) is 24.4 Å². The van der Waals surface area contributed by atoms with Gasteiger partial charge >= 0.3 is 0 Å². The Kier molecular flexibility index (Phi) is 4.11. The zero-order chi connectivity index (χ0) is 13.8. The molecule has 1 aliphatic carbocycles. The molecule has 0 amide bonds. The number of nitrogens with one attached hydrogen (secondary N) is 1. The SMILES string of the molecule is CCCNCc1cn(Cc2ccc3c(c2)CCC3)nn1. The summed E-state index contributed by atoms with van der Waals surface area (Å²) in [5, 5.41) is 11.8. The largest absolute Gasteiger partial charge is 0.311 e. The molecule has 4 heteroatoms. The summed E-state index contributed by atoms with van der Waals surface area (Å²) >= 11 is 0. The monoisotopic (exact) mass is 270 g/mol. The average molecular weight is 270 g/mol. The molecule has 0 saturated heterocycles. The summed E-state index contributed by atoms with van der Waals surface area (Å²) in [4.78, 5) is 0. The predicted octanol–water partition coefficient (Wildman–Crippen LogP) is 2.31. The van der Waals surface area contributed by atoms with Crippen molar-refractivity contribution in [2.75, 3.05) is 6.54 Å². The molecule has 4 nitrogen and oxygen atoms in total. The lowest BCUT2D eigenvalue weighted by molar-refractivity contribution is 0.644. The lowest BCUT2D eigenvalue weighted by Gasteiger charge is -2.04. The lowest BCUT2D eigenvalue weighted by Crippen LogP contribution is -2.13.